The van der Waals surface area contributed by atoms with E-state index < -0.39 is 17.5 Å². The van der Waals surface area contributed by atoms with Crippen LogP contribution in [0.4, 0.5) is 13.2 Å². The number of rotatable bonds is 2. The molecule has 0 spiro atoms. The summed E-state index contributed by atoms with van der Waals surface area (Å²) in [4.78, 5) is 0. The van der Waals surface area contributed by atoms with Gasteiger partial charge in [-0.15, -0.1) is 0 Å². The van der Waals surface area contributed by atoms with Gasteiger partial charge in [-0.3, -0.25) is 0 Å². The molecule has 3 heteroatoms. The van der Waals surface area contributed by atoms with Gasteiger partial charge in [0.2, 0.25) is 0 Å². The minimum Gasteiger partial charge on any atom is -0.204 e. The first-order valence-electron chi connectivity index (χ1n) is 8.27. The maximum atomic E-state index is 13.6. The van der Waals surface area contributed by atoms with Gasteiger partial charge in [0.25, 0.3) is 0 Å². The smallest absolute Gasteiger partial charge is 0.194 e. The van der Waals surface area contributed by atoms with Crippen molar-refractivity contribution in [2.24, 2.45) is 5.92 Å². The van der Waals surface area contributed by atoms with Crippen LogP contribution in [0.2, 0.25) is 0 Å². The lowest BCUT2D eigenvalue weighted by atomic mass is 9.79. The van der Waals surface area contributed by atoms with Crippen LogP contribution in [0.15, 0.2) is 53.9 Å². The maximum absolute atomic E-state index is 13.6. The van der Waals surface area contributed by atoms with Crippen molar-refractivity contribution < 1.29 is 13.2 Å². The number of allylic oxidation sites excluding steroid dienone is 6. The van der Waals surface area contributed by atoms with E-state index in [9.17, 15) is 13.2 Å². The van der Waals surface area contributed by atoms with Crippen molar-refractivity contribution in [1.29, 1.82) is 0 Å². The van der Waals surface area contributed by atoms with Gasteiger partial charge in [0.05, 0.1) is 0 Å². The van der Waals surface area contributed by atoms with Crippen LogP contribution in [0.5, 0.6) is 0 Å². The minimum atomic E-state index is -1.41. The predicted molar refractivity (Wildman–Crippen MR) is 87.8 cm³/mol. The van der Waals surface area contributed by atoms with Crippen molar-refractivity contribution in [3.63, 3.8) is 0 Å². The first kappa shape index (κ1) is 16.1. The van der Waals surface area contributed by atoms with Crippen LogP contribution in [0.25, 0.3) is 5.57 Å². The summed E-state index contributed by atoms with van der Waals surface area (Å²) >= 11 is 0. The monoisotopic (exact) mass is 318 g/mol. The van der Waals surface area contributed by atoms with Crippen molar-refractivity contribution in [1.82, 2.24) is 0 Å². The molecule has 0 aliphatic heterocycles. The van der Waals surface area contributed by atoms with Crippen LogP contribution in [-0.2, 0) is 0 Å². The second-order valence-electron chi connectivity index (χ2n) is 6.67. The fourth-order valence-corrected chi connectivity index (χ4v) is 3.44. The Morgan fingerprint density at radius 3 is 2.22 bits per heavy atom. The van der Waals surface area contributed by atoms with Crippen LogP contribution in [0, 0.1) is 5.92 Å². The zero-order chi connectivity index (χ0) is 16.4. The van der Waals surface area contributed by atoms with Crippen LogP contribution >= 0.6 is 0 Å². The Balaban J connectivity index is 1.79. The van der Waals surface area contributed by atoms with E-state index in [1.54, 1.807) is 0 Å². The van der Waals surface area contributed by atoms with E-state index >= 15 is 0 Å². The molecule has 23 heavy (non-hydrogen) atoms. The maximum Gasteiger partial charge on any atom is 0.194 e. The van der Waals surface area contributed by atoms with E-state index in [4.69, 9.17) is 0 Å². The lowest BCUT2D eigenvalue weighted by Crippen LogP contribution is -2.10. The zero-order valence-corrected chi connectivity index (χ0v) is 13.3. The molecule has 0 nitrogen and oxygen atoms in total. The molecule has 0 bridgehead atoms. The summed E-state index contributed by atoms with van der Waals surface area (Å²) in [7, 11) is 0. The first-order chi connectivity index (χ1) is 11.0. The Labute approximate surface area is 135 Å². The molecule has 0 atom stereocenters. The molecule has 0 heterocycles. The normalized spacial score (nSPS) is 25.7. The molecule has 1 aromatic carbocycles. The Kier molecular flexibility index (Phi) is 4.74. The summed E-state index contributed by atoms with van der Waals surface area (Å²) in [5.41, 5.74) is 2.71. The van der Waals surface area contributed by atoms with Gasteiger partial charge in [-0.05, 0) is 60.0 Å². The van der Waals surface area contributed by atoms with Crippen molar-refractivity contribution in [2.75, 3.05) is 0 Å². The zero-order valence-electron chi connectivity index (χ0n) is 13.3. The summed E-state index contributed by atoms with van der Waals surface area (Å²) in [5.74, 6) is -2.27. The second kappa shape index (κ2) is 6.77. The van der Waals surface area contributed by atoms with Crippen molar-refractivity contribution in [3.05, 3.63) is 65.0 Å². The summed E-state index contributed by atoms with van der Waals surface area (Å²) < 4.78 is 40.1. The third-order valence-corrected chi connectivity index (χ3v) is 4.99. The largest absolute Gasteiger partial charge is 0.204 e. The van der Waals surface area contributed by atoms with Crippen LogP contribution < -0.4 is 0 Å². The lowest BCUT2D eigenvalue weighted by molar-refractivity contribution is 0.348. The third-order valence-electron chi connectivity index (χ3n) is 4.99. The third kappa shape index (κ3) is 3.60. The first-order valence-corrected chi connectivity index (χ1v) is 8.27. The highest BCUT2D eigenvalue weighted by Gasteiger charge is 2.20. The molecule has 0 amide bonds. The summed E-state index contributed by atoms with van der Waals surface area (Å²) in [6.07, 6.45) is 7.31. The molecule has 122 valence electrons. The van der Waals surface area contributed by atoms with E-state index in [1.807, 2.05) is 12.1 Å². The van der Waals surface area contributed by atoms with E-state index in [1.165, 1.54) is 31.2 Å². The lowest BCUT2D eigenvalue weighted by Gasteiger charge is -2.26. The molecule has 2 aliphatic carbocycles. The molecule has 2 aliphatic rings. The van der Waals surface area contributed by atoms with E-state index in [2.05, 4.69) is 19.1 Å². The van der Waals surface area contributed by atoms with Gasteiger partial charge in [-0.25, -0.2) is 13.2 Å². The molecular weight excluding hydrogens is 297 g/mol. The van der Waals surface area contributed by atoms with E-state index in [-0.39, 0.29) is 6.42 Å². The highest BCUT2D eigenvalue weighted by molar-refractivity contribution is 5.70. The Hall–Kier alpha value is -1.77. The SMILES string of the molecule is CC1CCC(c2ccc(C3=CC(F)=C(F)C(F)=CC3)cc2)CC1. The summed E-state index contributed by atoms with van der Waals surface area (Å²) in [6.45, 7) is 2.30. The molecule has 1 saturated carbocycles. The van der Waals surface area contributed by atoms with Crippen LogP contribution in [-0.4, -0.2) is 0 Å². The molecular formula is C20H21F3. The molecule has 0 N–H and O–H groups in total. The highest BCUT2D eigenvalue weighted by atomic mass is 19.2. The van der Waals surface area contributed by atoms with Gasteiger partial charge in [-0.1, -0.05) is 44.0 Å². The Morgan fingerprint density at radius 1 is 0.913 bits per heavy atom. The fraction of sp³-hybridized carbons (Fsp3) is 0.400. The van der Waals surface area contributed by atoms with E-state index in [0.717, 1.165) is 23.6 Å². The van der Waals surface area contributed by atoms with Gasteiger partial charge in [0.1, 0.15) is 0 Å². The molecule has 1 aromatic rings. The average molecular weight is 318 g/mol. The Bertz CT molecular complexity index is 657. The van der Waals surface area contributed by atoms with Crippen molar-refractivity contribution in [3.8, 4) is 0 Å². The average Bonchev–Trinajstić information content (AvgIpc) is 2.69. The molecule has 0 unspecified atom stereocenters. The van der Waals surface area contributed by atoms with Crippen LogP contribution in [0.3, 0.4) is 0 Å². The summed E-state index contributed by atoms with van der Waals surface area (Å²) in [5, 5.41) is 0. The van der Waals surface area contributed by atoms with E-state index in [0.29, 0.717) is 11.5 Å². The van der Waals surface area contributed by atoms with Gasteiger partial charge in [0.15, 0.2) is 17.5 Å². The molecule has 0 aromatic heterocycles. The number of halogens is 3. The molecule has 0 radical (unpaired) electrons. The number of hydrogen-bond acceptors (Lipinski definition) is 0. The van der Waals surface area contributed by atoms with Gasteiger partial charge in [0, 0.05) is 0 Å². The van der Waals surface area contributed by atoms with Crippen molar-refractivity contribution >= 4 is 5.57 Å². The predicted octanol–water partition coefficient (Wildman–Crippen LogP) is 6.77. The van der Waals surface area contributed by atoms with Gasteiger partial charge >= 0.3 is 0 Å². The highest BCUT2D eigenvalue weighted by Crippen LogP contribution is 2.36. The summed E-state index contributed by atoms with van der Waals surface area (Å²) in [6, 6.07) is 8.00. The van der Waals surface area contributed by atoms with Gasteiger partial charge < -0.3 is 0 Å². The van der Waals surface area contributed by atoms with Gasteiger partial charge in [-0.2, -0.15) is 0 Å². The molecule has 1 fully saturated rings. The van der Waals surface area contributed by atoms with Crippen molar-refractivity contribution in [2.45, 2.75) is 44.9 Å². The molecule has 0 saturated heterocycles. The minimum absolute atomic E-state index is 0.187. The number of hydrogen-bond donors (Lipinski definition) is 0. The fourth-order valence-electron chi connectivity index (χ4n) is 3.44. The Morgan fingerprint density at radius 2 is 1.57 bits per heavy atom. The molecule has 3 rings (SSSR count). The standard InChI is InChI=1S/C20H21F3/c1-13-2-4-14(5-3-13)15-6-8-16(9-7-15)17-10-11-18(21)20(23)19(22)12-17/h6-9,11-14H,2-5,10H2,1H3. The number of benzene rings is 1. The second-order valence-corrected chi connectivity index (χ2v) is 6.67. The topological polar surface area (TPSA) is 0 Å². The quantitative estimate of drug-likeness (QED) is 0.564. The van der Waals surface area contributed by atoms with Crippen LogP contribution in [0.1, 0.15) is 56.1 Å².